The molecule has 0 radical (unpaired) electrons. The van der Waals surface area contributed by atoms with Crippen molar-refractivity contribution in [3.8, 4) is 0 Å². The third kappa shape index (κ3) is 3.90. The lowest BCUT2D eigenvalue weighted by molar-refractivity contribution is -0.137. The molecule has 2 N–H and O–H groups in total. The molecule has 4 heteroatoms. The number of carbonyl (C=O) groups is 2. The van der Waals surface area contributed by atoms with E-state index in [0.29, 0.717) is 0 Å². The Balaban J connectivity index is 3.02. The summed E-state index contributed by atoms with van der Waals surface area (Å²) in [5.74, 6) is -1.15. The monoisotopic (exact) mass is 235 g/mol. The molecule has 1 aromatic carbocycles. The van der Waals surface area contributed by atoms with Gasteiger partial charge in [-0.15, -0.1) is 0 Å². The van der Waals surface area contributed by atoms with Gasteiger partial charge in [-0.2, -0.15) is 0 Å². The second-order valence-corrected chi connectivity index (χ2v) is 4.21. The second-order valence-electron chi connectivity index (χ2n) is 4.21. The summed E-state index contributed by atoms with van der Waals surface area (Å²) in [6.45, 7) is 5.28. The highest BCUT2D eigenvalue weighted by atomic mass is 16.4. The van der Waals surface area contributed by atoms with Crippen LogP contribution in [0.1, 0.15) is 36.1 Å². The number of rotatable bonds is 4. The molecule has 0 spiro atoms. The molecule has 1 atom stereocenters. The van der Waals surface area contributed by atoms with E-state index < -0.39 is 12.0 Å². The van der Waals surface area contributed by atoms with E-state index in [1.807, 2.05) is 32.0 Å². The van der Waals surface area contributed by atoms with Crippen LogP contribution in [0.2, 0.25) is 0 Å². The second kappa shape index (κ2) is 5.48. The molecule has 0 heterocycles. The fraction of sp³-hybridized carbons (Fsp3) is 0.385. The predicted octanol–water partition coefficient (Wildman–Crippen LogP) is 1.96. The summed E-state index contributed by atoms with van der Waals surface area (Å²) in [7, 11) is 0. The summed E-state index contributed by atoms with van der Waals surface area (Å²) < 4.78 is 0. The number of carbonyl (C=O) groups excluding carboxylic acids is 1. The number of benzene rings is 1. The Bertz CT molecular complexity index is 424. The van der Waals surface area contributed by atoms with Crippen molar-refractivity contribution < 1.29 is 14.7 Å². The Morgan fingerprint density at radius 3 is 2.47 bits per heavy atom. The SMILES string of the molecule is CC(=O)N[C@H](CC(=O)O)c1ccc(C)cc1C. The maximum absolute atomic E-state index is 11.1. The van der Waals surface area contributed by atoms with Gasteiger partial charge in [0.25, 0.3) is 0 Å². The fourth-order valence-corrected chi connectivity index (χ4v) is 1.88. The molecule has 0 bridgehead atoms. The molecule has 4 nitrogen and oxygen atoms in total. The van der Waals surface area contributed by atoms with Gasteiger partial charge in [-0.1, -0.05) is 23.8 Å². The van der Waals surface area contributed by atoms with Gasteiger partial charge in [0, 0.05) is 6.92 Å². The van der Waals surface area contributed by atoms with Crippen LogP contribution in [-0.2, 0) is 9.59 Å². The Hall–Kier alpha value is -1.84. The molecule has 1 rings (SSSR count). The van der Waals surface area contributed by atoms with Gasteiger partial charge in [-0.25, -0.2) is 0 Å². The van der Waals surface area contributed by atoms with Crippen molar-refractivity contribution in [2.24, 2.45) is 0 Å². The summed E-state index contributed by atoms with van der Waals surface area (Å²) in [5, 5.41) is 11.5. The Labute approximate surface area is 101 Å². The van der Waals surface area contributed by atoms with Crippen LogP contribution in [0.15, 0.2) is 18.2 Å². The highest BCUT2D eigenvalue weighted by Gasteiger charge is 2.18. The van der Waals surface area contributed by atoms with Crippen molar-refractivity contribution in [2.75, 3.05) is 0 Å². The first-order valence-corrected chi connectivity index (χ1v) is 5.46. The van der Waals surface area contributed by atoms with E-state index in [1.165, 1.54) is 6.92 Å². The van der Waals surface area contributed by atoms with Gasteiger partial charge < -0.3 is 10.4 Å². The third-order valence-corrected chi connectivity index (χ3v) is 2.56. The predicted molar refractivity (Wildman–Crippen MR) is 64.7 cm³/mol. The van der Waals surface area contributed by atoms with E-state index in [9.17, 15) is 9.59 Å². The number of amides is 1. The summed E-state index contributed by atoms with van der Waals surface area (Å²) in [4.78, 5) is 21.9. The number of aliphatic carboxylic acids is 1. The smallest absolute Gasteiger partial charge is 0.305 e. The largest absolute Gasteiger partial charge is 0.481 e. The van der Waals surface area contributed by atoms with Crippen molar-refractivity contribution in [3.63, 3.8) is 0 Å². The summed E-state index contributed by atoms with van der Waals surface area (Å²) in [5.41, 5.74) is 2.96. The van der Waals surface area contributed by atoms with Crippen LogP contribution in [0.4, 0.5) is 0 Å². The fourth-order valence-electron chi connectivity index (χ4n) is 1.88. The number of aryl methyl sites for hydroxylation is 2. The van der Waals surface area contributed by atoms with E-state index in [0.717, 1.165) is 16.7 Å². The van der Waals surface area contributed by atoms with Crippen LogP contribution in [0.25, 0.3) is 0 Å². The van der Waals surface area contributed by atoms with Gasteiger partial charge in [-0.05, 0) is 25.0 Å². The highest BCUT2D eigenvalue weighted by Crippen LogP contribution is 2.21. The number of carboxylic acid groups (broad SMARTS) is 1. The van der Waals surface area contributed by atoms with Crippen LogP contribution < -0.4 is 5.32 Å². The number of hydrogen-bond acceptors (Lipinski definition) is 2. The van der Waals surface area contributed by atoms with Crippen molar-refractivity contribution in [3.05, 3.63) is 34.9 Å². The molecule has 0 aromatic heterocycles. The van der Waals surface area contributed by atoms with E-state index >= 15 is 0 Å². The third-order valence-electron chi connectivity index (χ3n) is 2.56. The zero-order valence-corrected chi connectivity index (χ0v) is 10.3. The van der Waals surface area contributed by atoms with E-state index in [2.05, 4.69) is 5.32 Å². The van der Waals surface area contributed by atoms with Crippen molar-refractivity contribution in [1.29, 1.82) is 0 Å². The molecular formula is C13H17NO3. The maximum Gasteiger partial charge on any atom is 0.305 e. The first-order chi connectivity index (χ1) is 7.90. The molecular weight excluding hydrogens is 218 g/mol. The molecule has 0 saturated heterocycles. The zero-order valence-electron chi connectivity index (χ0n) is 10.3. The molecule has 0 aliphatic carbocycles. The minimum Gasteiger partial charge on any atom is -0.481 e. The summed E-state index contributed by atoms with van der Waals surface area (Å²) in [6.07, 6.45) is -0.108. The van der Waals surface area contributed by atoms with Crippen LogP contribution in [0.3, 0.4) is 0 Å². The molecule has 0 fully saturated rings. The molecule has 0 aliphatic rings. The Morgan fingerprint density at radius 1 is 1.35 bits per heavy atom. The maximum atomic E-state index is 11.1. The molecule has 17 heavy (non-hydrogen) atoms. The molecule has 0 saturated carbocycles. The first kappa shape index (κ1) is 13.2. The van der Waals surface area contributed by atoms with Crippen LogP contribution in [0.5, 0.6) is 0 Å². The lowest BCUT2D eigenvalue weighted by Gasteiger charge is -2.18. The number of hydrogen-bond donors (Lipinski definition) is 2. The van der Waals surface area contributed by atoms with Gasteiger partial charge >= 0.3 is 5.97 Å². The zero-order chi connectivity index (χ0) is 13.0. The van der Waals surface area contributed by atoms with E-state index in [-0.39, 0.29) is 12.3 Å². The van der Waals surface area contributed by atoms with Gasteiger partial charge in [-0.3, -0.25) is 9.59 Å². The van der Waals surface area contributed by atoms with Gasteiger partial charge in [0.2, 0.25) is 5.91 Å². The topological polar surface area (TPSA) is 66.4 Å². The van der Waals surface area contributed by atoms with Gasteiger partial charge in [0.1, 0.15) is 0 Å². The first-order valence-electron chi connectivity index (χ1n) is 5.46. The Kier molecular flexibility index (Phi) is 4.26. The molecule has 0 aliphatic heterocycles. The lowest BCUT2D eigenvalue weighted by Crippen LogP contribution is -2.28. The molecule has 92 valence electrons. The van der Waals surface area contributed by atoms with Crippen molar-refractivity contribution >= 4 is 11.9 Å². The molecule has 1 aromatic rings. The molecule has 0 unspecified atom stereocenters. The van der Waals surface area contributed by atoms with Crippen LogP contribution in [-0.4, -0.2) is 17.0 Å². The average molecular weight is 235 g/mol. The minimum absolute atomic E-state index is 0.108. The lowest BCUT2D eigenvalue weighted by atomic mass is 9.97. The van der Waals surface area contributed by atoms with Gasteiger partial charge in [0.15, 0.2) is 0 Å². The summed E-state index contributed by atoms with van der Waals surface area (Å²) >= 11 is 0. The quantitative estimate of drug-likeness (QED) is 0.838. The van der Waals surface area contributed by atoms with E-state index in [4.69, 9.17) is 5.11 Å². The number of nitrogens with one attached hydrogen (secondary N) is 1. The van der Waals surface area contributed by atoms with Crippen LogP contribution >= 0.6 is 0 Å². The highest BCUT2D eigenvalue weighted by molar-refractivity contribution is 5.75. The average Bonchev–Trinajstić information content (AvgIpc) is 2.14. The number of carboxylic acids is 1. The van der Waals surface area contributed by atoms with Crippen LogP contribution in [0, 0.1) is 13.8 Å². The summed E-state index contributed by atoms with van der Waals surface area (Å²) in [6, 6.07) is 5.30. The van der Waals surface area contributed by atoms with Crippen molar-refractivity contribution in [2.45, 2.75) is 33.2 Å². The Morgan fingerprint density at radius 2 is 2.00 bits per heavy atom. The van der Waals surface area contributed by atoms with E-state index in [1.54, 1.807) is 0 Å². The normalized spacial score (nSPS) is 11.9. The standard InChI is InChI=1S/C13H17NO3/c1-8-4-5-11(9(2)6-8)12(7-13(16)17)14-10(3)15/h4-6,12H,7H2,1-3H3,(H,14,15)(H,16,17)/t12-/m1/s1. The van der Waals surface area contributed by atoms with Gasteiger partial charge in [0.05, 0.1) is 12.5 Å². The van der Waals surface area contributed by atoms with Crippen molar-refractivity contribution in [1.82, 2.24) is 5.32 Å². The molecule has 1 amide bonds. The minimum atomic E-state index is -0.927.